The molecule has 0 spiro atoms. The van der Waals surface area contributed by atoms with E-state index in [1.54, 1.807) is 0 Å². The summed E-state index contributed by atoms with van der Waals surface area (Å²) in [5.41, 5.74) is 0. The zero-order chi connectivity index (χ0) is 22.9. The van der Waals surface area contributed by atoms with Crippen molar-refractivity contribution in [3.8, 4) is 0 Å². The topological polar surface area (TPSA) is 9.23 Å². The number of hydrogen-bond acceptors (Lipinski definition) is 1. The summed E-state index contributed by atoms with van der Waals surface area (Å²) in [4.78, 5) is 0. The van der Waals surface area contributed by atoms with E-state index >= 15 is 0 Å². The quantitative estimate of drug-likeness (QED) is 0.314. The Balaban J connectivity index is 1.06. The van der Waals surface area contributed by atoms with Gasteiger partial charge in [-0.3, -0.25) is 0 Å². The summed E-state index contributed by atoms with van der Waals surface area (Å²) in [6.07, 6.45) is 33.1. The van der Waals surface area contributed by atoms with Crippen molar-refractivity contribution in [3.63, 3.8) is 0 Å². The summed E-state index contributed by atoms with van der Waals surface area (Å²) in [6, 6.07) is 0. The lowest BCUT2D eigenvalue weighted by atomic mass is 9.69. The third-order valence-corrected chi connectivity index (χ3v) is 10.6. The van der Waals surface area contributed by atoms with Gasteiger partial charge in [0, 0.05) is 6.61 Å². The second-order valence-electron chi connectivity index (χ2n) is 12.8. The number of unbranched alkanes of at least 4 members (excludes halogenated alkanes) is 1. The van der Waals surface area contributed by atoms with E-state index in [-0.39, 0.29) is 0 Å². The molecule has 0 N–H and O–H groups in total. The molecule has 4 saturated carbocycles. The van der Waals surface area contributed by atoms with Gasteiger partial charge in [-0.1, -0.05) is 51.2 Å². The van der Waals surface area contributed by atoms with Crippen molar-refractivity contribution >= 4 is 0 Å². The fraction of sp³-hybridized carbons (Fsp3) is 0.938. The van der Waals surface area contributed by atoms with Gasteiger partial charge in [0.25, 0.3) is 0 Å². The summed E-state index contributed by atoms with van der Waals surface area (Å²) in [5.74, 6) is 6.93. The first-order valence-electron chi connectivity index (χ1n) is 15.5. The van der Waals surface area contributed by atoms with Gasteiger partial charge in [0.05, 0.1) is 6.10 Å². The Labute approximate surface area is 206 Å². The third kappa shape index (κ3) is 7.85. The normalized spacial score (nSPS) is 40.8. The predicted molar refractivity (Wildman–Crippen MR) is 142 cm³/mol. The molecule has 0 bridgehead atoms. The largest absolute Gasteiger partial charge is 0.378 e. The summed E-state index contributed by atoms with van der Waals surface area (Å²) >= 11 is 0. The maximum atomic E-state index is 6.53. The molecule has 0 aromatic heterocycles. The number of hydrogen-bond donors (Lipinski definition) is 0. The lowest BCUT2D eigenvalue weighted by Gasteiger charge is -2.39. The highest BCUT2D eigenvalue weighted by Gasteiger charge is 2.33. The fourth-order valence-corrected chi connectivity index (χ4v) is 8.35. The third-order valence-electron chi connectivity index (χ3n) is 10.6. The molecule has 0 amide bonds. The zero-order valence-electron chi connectivity index (χ0n) is 22.3. The van der Waals surface area contributed by atoms with Crippen molar-refractivity contribution in [1.29, 1.82) is 0 Å². The molecular weight excluding hydrogens is 400 g/mol. The molecule has 0 radical (unpaired) electrons. The summed E-state index contributed by atoms with van der Waals surface area (Å²) < 4.78 is 6.53. The van der Waals surface area contributed by atoms with Crippen LogP contribution in [-0.4, -0.2) is 12.7 Å². The predicted octanol–water partition coefficient (Wildman–Crippen LogP) is 9.75. The van der Waals surface area contributed by atoms with E-state index < -0.39 is 0 Å². The standard InChI is InChI=1S/C32H56O/c1-3-5-7-26-10-16-29(17-11-26)31-20-22-32(23-21-31)33-24-27-12-18-30(19-13-27)28-14-8-25(6-4-2)9-15-28/h4,6,25-32H,3,5,7-24H2,1-2H3/b6-4-. The minimum absolute atomic E-state index is 0.585. The van der Waals surface area contributed by atoms with Gasteiger partial charge in [-0.05, 0) is 138 Å². The highest BCUT2D eigenvalue weighted by atomic mass is 16.5. The maximum Gasteiger partial charge on any atom is 0.0575 e. The number of rotatable bonds is 9. The van der Waals surface area contributed by atoms with Crippen LogP contribution in [0, 0.1) is 41.4 Å². The summed E-state index contributed by atoms with van der Waals surface area (Å²) in [5, 5.41) is 0. The average Bonchev–Trinajstić information content (AvgIpc) is 2.88. The first kappa shape index (κ1) is 25.8. The molecule has 0 heterocycles. The number of allylic oxidation sites excluding steroid dienone is 2. The minimum Gasteiger partial charge on any atom is -0.378 e. The van der Waals surface area contributed by atoms with Crippen molar-refractivity contribution in [3.05, 3.63) is 12.2 Å². The molecule has 4 rings (SSSR count). The first-order chi connectivity index (χ1) is 16.2. The molecular formula is C32H56O. The molecule has 190 valence electrons. The van der Waals surface area contributed by atoms with Gasteiger partial charge in [0.1, 0.15) is 0 Å². The van der Waals surface area contributed by atoms with Crippen molar-refractivity contribution in [2.24, 2.45) is 41.4 Å². The smallest absolute Gasteiger partial charge is 0.0575 e. The van der Waals surface area contributed by atoms with Gasteiger partial charge in [-0.25, -0.2) is 0 Å². The Hall–Kier alpha value is -0.300. The van der Waals surface area contributed by atoms with E-state index in [9.17, 15) is 0 Å². The molecule has 4 fully saturated rings. The van der Waals surface area contributed by atoms with Crippen LogP contribution in [0.15, 0.2) is 12.2 Å². The van der Waals surface area contributed by atoms with Crippen LogP contribution in [0.25, 0.3) is 0 Å². The lowest BCUT2D eigenvalue weighted by molar-refractivity contribution is -0.0192. The highest BCUT2D eigenvalue weighted by Crippen LogP contribution is 2.43. The van der Waals surface area contributed by atoms with Crippen LogP contribution < -0.4 is 0 Å². The molecule has 1 heteroatoms. The molecule has 4 aliphatic rings. The molecule has 0 aromatic carbocycles. The van der Waals surface area contributed by atoms with Gasteiger partial charge < -0.3 is 4.74 Å². The van der Waals surface area contributed by atoms with Gasteiger partial charge >= 0.3 is 0 Å². The Morgan fingerprint density at radius 2 is 1.09 bits per heavy atom. The van der Waals surface area contributed by atoms with Crippen LogP contribution in [0.5, 0.6) is 0 Å². The van der Waals surface area contributed by atoms with E-state index in [1.807, 2.05) is 0 Å². The van der Waals surface area contributed by atoms with Crippen molar-refractivity contribution in [2.75, 3.05) is 6.61 Å². The van der Waals surface area contributed by atoms with Crippen LogP contribution in [-0.2, 0) is 4.74 Å². The fourth-order valence-electron chi connectivity index (χ4n) is 8.35. The Morgan fingerprint density at radius 3 is 1.61 bits per heavy atom. The van der Waals surface area contributed by atoms with E-state index in [0.29, 0.717) is 6.10 Å². The maximum absolute atomic E-state index is 6.53. The molecule has 4 aliphatic carbocycles. The van der Waals surface area contributed by atoms with Crippen LogP contribution in [0.2, 0.25) is 0 Å². The molecule has 0 aliphatic heterocycles. The van der Waals surface area contributed by atoms with Crippen molar-refractivity contribution < 1.29 is 4.74 Å². The second-order valence-corrected chi connectivity index (χ2v) is 12.8. The Bertz CT molecular complexity index is 535. The molecule has 0 saturated heterocycles. The van der Waals surface area contributed by atoms with Crippen molar-refractivity contribution in [2.45, 2.75) is 142 Å². The van der Waals surface area contributed by atoms with Crippen LogP contribution in [0.3, 0.4) is 0 Å². The zero-order valence-corrected chi connectivity index (χ0v) is 22.3. The summed E-state index contributed by atoms with van der Waals surface area (Å²) in [7, 11) is 0. The van der Waals surface area contributed by atoms with E-state index in [2.05, 4.69) is 26.0 Å². The minimum atomic E-state index is 0.585. The second kappa shape index (κ2) is 13.7. The molecule has 33 heavy (non-hydrogen) atoms. The molecule has 0 aromatic rings. The van der Waals surface area contributed by atoms with Gasteiger partial charge in [0.2, 0.25) is 0 Å². The van der Waals surface area contributed by atoms with E-state index in [1.165, 1.54) is 122 Å². The lowest BCUT2D eigenvalue weighted by Crippen LogP contribution is -2.31. The molecule has 1 nitrogen and oxygen atoms in total. The van der Waals surface area contributed by atoms with Gasteiger partial charge in [-0.2, -0.15) is 0 Å². The van der Waals surface area contributed by atoms with Crippen LogP contribution >= 0.6 is 0 Å². The Morgan fingerprint density at radius 1 is 0.606 bits per heavy atom. The van der Waals surface area contributed by atoms with Gasteiger partial charge in [-0.15, -0.1) is 0 Å². The van der Waals surface area contributed by atoms with Crippen molar-refractivity contribution in [1.82, 2.24) is 0 Å². The monoisotopic (exact) mass is 456 g/mol. The average molecular weight is 457 g/mol. The number of ether oxygens (including phenoxy) is 1. The van der Waals surface area contributed by atoms with E-state index in [0.717, 1.165) is 48.0 Å². The molecule has 0 unspecified atom stereocenters. The van der Waals surface area contributed by atoms with Gasteiger partial charge in [0.15, 0.2) is 0 Å². The van der Waals surface area contributed by atoms with E-state index in [4.69, 9.17) is 4.74 Å². The highest BCUT2D eigenvalue weighted by molar-refractivity contribution is 4.91. The van der Waals surface area contributed by atoms with Crippen LogP contribution in [0.1, 0.15) is 136 Å². The SMILES string of the molecule is C/C=C\C1CCC(C2CCC(COC3CCC(C4CCC(CCCC)CC4)CC3)CC2)CC1. The molecule has 0 atom stereocenters. The van der Waals surface area contributed by atoms with Crippen LogP contribution in [0.4, 0.5) is 0 Å². The first-order valence-corrected chi connectivity index (χ1v) is 15.5. The Kier molecular flexibility index (Phi) is 10.7. The summed E-state index contributed by atoms with van der Waals surface area (Å²) in [6.45, 7) is 5.59.